The van der Waals surface area contributed by atoms with E-state index < -0.39 is 0 Å². The van der Waals surface area contributed by atoms with Gasteiger partial charge in [0, 0.05) is 16.7 Å². The number of nitrogens with one attached hydrogen (secondary N) is 2. The fraction of sp³-hybridized carbons (Fsp3) is 0. The highest BCUT2D eigenvalue weighted by molar-refractivity contribution is 6.36. The Bertz CT molecular complexity index is 1910. The van der Waals surface area contributed by atoms with E-state index in [1.165, 1.54) is 0 Å². The van der Waals surface area contributed by atoms with E-state index in [4.69, 9.17) is 4.42 Å². The van der Waals surface area contributed by atoms with Gasteiger partial charge in [0.1, 0.15) is 5.76 Å². The van der Waals surface area contributed by atoms with Crippen molar-refractivity contribution in [1.82, 2.24) is 5.32 Å². The molecule has 0 spiro atoms. The Kier molecular flexibility index (Phi) is 6.67. The van der Waals surface area contributed by atoms with Gasteiger partial charge in [0.25, 0.3) is 0 Å². The number of fused-ring (bicyclic) bond motifs is 1. The molecular formula is C39H28N2O. The lowest BCUT2D eigenvalue weighted by Gasteiger charge is -2.25. The van der Waals surface area contributed by atoms with Crippen LogP contribution in [0.5, 0.6) is 0 Å². The Balaban J connectivity index is 1.38. The number of furan rings is 1. The predicted octanol–water partition coefficient (Wildman–Crippen LogP) is 9.65. The standard InChI is InChI=1S/C39H28N2O/c40-38(32-23-19-30(20-24-32)28-12-5-2-6-13-28)37(31-21-17-29(18-22-31)27-10-3-1-4-11-27)39-34-15-8-7-14-33(34)26-35(41-39)36-16-9-25-42-36/h1-26,40-41H/b39-37-,40-38?. The van der Waals surface area contributed by atoms with E-state index in [2.05, 4.69) is 96.3 Å². The Labute approximate surface area is 245 Å². The minimum absolute atomic E-state index is 0.445. The first-order valence-electron chi connectivity index (χ1n) is 14.0. The molecule has 0 radical (unpaired) electrons. The summed E-state index contributed by atoms with van der Waals surface area (Å²) < 4.78 is 5.78. The first kappa shape index (κ1) is 25.3. The lowest BCUT2D eigenvalue weighted by Crippen LogP contribution is -2.20. The third-order valence-corrected chi connectivity index (χ3v) is 7.64. The molecule has 1 aliphatic heterocycles. The first-order chi connectivity index (χ1) is 20.7. The van der Waals surface area contributed by atoms with E-state index in [9.17, 15) is 5.41 Å². The third kappa shape index (κ3) is 4.89. The van der Waals surface area contributed by atoms with E-state index in [-0.39, 0.29) is 0 Å². The molecule has 1 aliphatic rings. The molecule has 0 fully saturated rings. The fourth-order valence-electron chi connectivity index (χ4n) is 5.48. The van der Waals surface area contributed by atoms with Crippen molar-refractivity contribution in [1.29, 1.82) is 5.41 Å². The van der Waals surface area contributed by atoms with Crippen molar-refractivity contribution in [3.8, 4) is 22.3 Å². The van der Waals surface area contributed by atoms with Crippen LogP contribution in [0.1, 0.15) is 28.0 Å². The van der Waals surface area contributed by atoms with Crippen molar-refractivity contribution in [2.75, 3.05) is 0 Å². The van der Waals surface area contributed by atoms with Gasteiger partial charge in [0.05, 0.1) is 23.4 Å². The van der Waals surface area contributed by atoms with Gasteiger partial charge in [-0.15, -0.1) is 0 Å². The van der Waals surface area contributed by atoms with E-state index in [1.54, 1.807) is 6.26 Å². The summed E-state index contributed by atoms with van der Waals surface area (Å²) in [5.41, 5.74) is 11.5. The monoisotopic (exact) mass is 540 g/mol. The average molecular weight is 541 g/mol. The molecular weight excluding hydrogens is 512 g/mol. The molecule has 2 heterocycles. The van der Waals surface area contributed by atoms with Gasteiger partial charge in [-0.1, -0.05) is 133 Å². The Hall–Kier alpha value is -5.67. The number of allylic oxidation sites excluding steroid dienone is 1. The molecule has 2 N–H and O–H groups in total. The molecule has 0 amide bonds. The average Bonchev–Trinajstić information content (AvgIpc) is 3.61. The van der Waals surface area contributed by atoms with Crippen LogP contribution in [-0.4, -0.2) is 5.71 Å². The summed E-state index contributed by atoms with van der Waals surface area (Å²) in [5.74, 6) is 0.750. The van der Waals surface area contributed by atoms with Gasteiger partial charge < -0.3 is 9.73 Å². The molecule has 0 atom stereocenters. The van der Waals surface area contributed by atoms with Crippen molar-refractivity contribution >= 4 is 28.8 Å². The van der Waals surface area contributed by atoms with Crippen molar-refractivity contribution in [2.24, 2.45) is 0 Å². The molecule has 0 bridgehead atoms. The molecule has 5 aromatic carbocycles. The minimum Gasteiger partial charge on any atom is -0.463 e. The second-order valence-electron chi connectivity index (χ2n) is 10.3. The van der Waals surface area contributed by atoms with Crippen molar-refractivity contribution in [3.63, 3.8) is 0 Å². The maximum Gasteiger partial charge on any atom is 0.150 e. The normalized spacial score (nSPS) is 13.5. The summed E-state index contributed by atoms with van der Waals surface area (Å²) in [6.07, 6.45) is 3.79. The second kappa shape index (κ2) is 11.1. The smallest absolute Gasteiger partial charge is 0.150 e. The van der Waals surface area contributed by atoms with Crippen LogP contribution < -0.4 is 5.32 Å². The van der Waals surface area contributed by atoms with Crippen LogP contribution in [0.4, 0.5) is 0 Å². The number of rotatable bonds is 6. The zero-order valence-electron chi connectivity index (χ0n) is 22.9. The summed E-state index contributed by atoms with van der Waals surface area (Å²) in [6, 6.07) is 49.6. The van der Waals surface area contributed by atoms with Crippen LogP contribution in [0.25, 0.3) is 45.3 Å². The minimum atomic E-state index is 0.445. The first-order valence-corrected chi connectivity index (χ1v) is 14.0. The van der Waals surface area contributed by atoms with Gasteiger partial charge in [-0.25, -0.2) is 0 Å². The number of hydrogen-bond acceptors (Lipinski definition) is 3. The lowest BCUT2D eigenvalue weighted by atomic mass is 9.87. The van der Waals surface area contributed by atoms with E-state index >= 15 is 0 Å². The molecule has 0 unspecified atom stereocenters. The van der Waals surface area contributed by atoms with Crippen molar-refractivity contribution in [3.05, 3.63) is 180 Å². The van der Waals surface area contributed by atoms with E-state index in [1.807, 2.05) is 60.7 Å². The topological polar surface area (TPSA) is 49.0 Å². The molecule has 3 heteroatoms. The van der Waals surface area contributed by atoms with Gasteiger partial charge in [0.2, 0.25) is 0 Å². The highest BCUT2D eigenvalue weighted by atomic mass is 16.3. The molecule has 0 saturated heterocycles. The zero-order valence-corrected chi connectivity index (χ0v) is 22.9. The van der Waals surface area contributed by atoms with Crippen LogP contribution in [0.2, 0.25) is 0 Å². The van der Waals surface area contributed by atoms with Crippen LogP contribution >= 0.6 is 0 Å². The lowest BCUT2D eigenvalue weighted by molar-refractivity contribution is 0.550. The zero-order chi connectivity index (χ0) is 28.3. The van der Waals surface area contributed by atoms with Crippen LogP contribution in [0.3, 0.4) is 0 Å². The van der Waals surface area contributed by atoms with Crippen molar-refractivity contribution < 1.29 is 4.42 Å². The molecule has 7 rings (SSSR count). The SMILES string of the molecule is N=C(/C(=C1\NC(c2ccco2)=Cc2ccccc21)c1ccc(-c2ccccc2)cc1)c1ccc(-c2ccccc2)cc1. The summed E-state index contributed by atoms with van der Waals surface area (Å²) in [6.45, 7) is 0. The molecule has 3 nitrogen and oxygen atoms in total. The number of hydrogen-bond donors (Lipinski definition) is 2. The Morgan fingerprint density at radius 2 is 1.07 bits per heavy atom. The van der Waals surface area contributed by atoms with Gasteiger partial charge in [-0.05, 0) is 51.6 Å². The Morgan fingerprint density at radius 1 is 0.524 bits per heavy atom. The van der Waals surface area contributed by atoms with Crippen LogP contribution in [0.15, 0.2) is 156 Å². The maximum absolute atomic E-state index is 9.59. The van der Waals surface area contributed by atoms with Gasteiger partial charge in [-0.2, -0.15) is 0 Å². The van der Waals surface area contributed by atoms with E-state index in [0.29, 0.717) is 5.71 Å². The molecule has 1 aromatic heterocycles. The molecule has 6 aromatic rings. The second-order valence-corrected chi connectivity index (χ2v) is 10.3. The predicted molar refractivity (Wildman–Crippen MR) is 174 cm³/mol. The molecule has 200 valence electrons. The Morgan fingerprint density at radius 3 is 1.67 bits per heavy atom. The fourth-order valence-corrected chi connectivity index (χ4v) is 5.48. The maximum atomic E-state index is 9.59. The summed E-state index contributed by atoms with van der Waals surface area (Å²) in [4.78, 5) is 0. The van der Waals surface area contributed by atoms with Crippen LogP contribution in [0, 0.1) is 5.41 Å². The third-order valence-electron chi connectivity index (χ3n) is 7.64. The largest absolute Gasteiger partial charge is 0.463 e. The highest BCUT2D eigenvalue weighted by Gasteiger charge is 2.24. The van der Waals surface area contributed by atoms with E-state index in [0.717, 1.165) is 67.2 Å². The quantitative estimate of drug-likeness (QED) is 0.207. The molecule has 42 heavy (non-hydrogen) atoms. The van der Waals surface area contributed by atoms with Crippen LogP contribution in [-0.2, 0) is 0 Å². The summed E-state index contributed by atoms with van der Waals surface area (Å²) >= 11 is 0. The number of benzene rings is 5. The summed E-state index contributed by atoms with van der Waals surface area (Å²) in [5, 5.41) is 13.2. The van der Waals surface area contributed by atoms with Gasteiger partial charge >= 0.3 is 0 Å². The molecule has 0 aliphatic carbocycles. The molecule has 0 saturated carbocycles. The van der Waals surface area contributed by atoms with Gasteiger partial charge in [-0.3, -0.25) is 5.41 Å². The summed E-state index contributed by atoms with van der Waals surface area (Å²) in [7, 11) is 0. The van der Waals surface area contributed by atoms with Crippen molar-refractivity contribution in [2.45, 2.75) is 0 Å². The highest BCUT2D eigenvalue weighted by Crippen LogP contribution is 2.37. The van der Waals surface area contributed by atoms with Gasteiger partial charge in [0.15, 0.2) is 0 Å².